The molecule has 7 heteroatoms. The molecule has 0 aromatic carbocycles. The molecule has 136 valence electrons. The Hall–Kier alpha value is -0.820. The molecule has 6 nitrogen and oxygen atoms in total. The van der Waals surface area contributed by atoms with E-state index >= 15 is 0 Å². The first kappa shape index (κ1) is 20.2. The van der Waals surface area contributed by atoms with Gasteiger partial charge in [-0.25, -0.2) is 4.79 Å². The predicted molar refractivity (Wildman–Crippen MR) is 89.7 cm³/mol. The van der Waals surface area contributed by atoms with Crippen molar-refractivity contribution in [2.24, 2.45) is 11.8 Å². The first-order chi connectivity index (χ1) is 10.5. The molecule has 1 saturated carbocycles. The molecule has 0 N–H and O–H groups in total. The first-order valence-electron chi connectivity index (χ1n) is 8.32. The molecule has 1 amide bonds. The highest BCUT2D eigenvalue weighted by molar-refractivity contribution is 7.85. The van der Waals surface area contributed by atoms with E-state index in [-0.39, 0.29) is 18.6 Å². The standard InChI is InChI=1S/C16H31NO5S/c1-6-17(15(18)22-16(2,3)4)11-13-7-9-14(10-8-13)12-21-23(5,19)20/h13-14H,6-12H2,1-5H3. The number of nitrogens with zero attached hydrogens (tertiary/aromatic N) is 1. The normalized spacial score (nSPS) is 22.7. The maximum atomic E-state index is 12.2. The van der Waals surface area contributed by atoms with Gasteiger partial charge >= 0.3 is 6.09 Å². The molecule has 1 rings (SSSR count). The molecule has 1 aliphatic rings. The highest BCUT2D eigenvalue weighted by atomic mass is 32.2. The maximum absolute atomic E-state index is 12.2. The molecule has 0 atom stereocenters. The Bertz CT molecular complexity index is 475. The van der Waals surface area contributed by atoms with Crippen LogP contribution in [0, 0.1) is 11.8 Å². The van der Waals surface area contributed by atoms with Gasteiger partial charge in [0.25, 0.3) is 10.1 Å². The van der Waals surface area contributed by atoms with Gasteiger partial charge in [0.05, 0.1) is 12.9 Å². The second kappa shape index (κ2) is 8.33. The minimum atomic E-state index is -3.36. The van der Waals surface area contributed by atoms with Crippen LogP contribution in [0.5, 0.6) is 0 Å². The van der Waals surface area contributed by atoms with E-state index in [0.29, 0.717) is 19.0 Å². The predicted octanol–water partition coefficient (Wildman–Crippen LogP) is 3.03. The Balaban J connectivity index is 2.40. The molecular weight excluding hydrogens is 318 g/mol. The number of ether oxygens (including phenoxy) is 1. The highest BCUT2D eigenvalue weighted by Gasteiger charge is 2.27. The van der Waals surface area contributed by atoms with Gasteiger partial charge in [-0.1, -0.05) is 0 Å². The van der Waals surface area contributed by atoms with Crippen molar-refractivity contribution in [3.05, 3.63) is 0 Å². The van der Waals surface area contributed by atoms with Crippen LogP contribution in [0.4, 0.5) is 4.79 Å². The molecule has 0 radical (unpaired) electrons. The summed E-state index contributed by atoms with van der Waals surface area (Å²) in [6, 6.07) is 0. The van der Waals surface area contributed by atoms with Gasteiger partial charge in [-0.05, 0) is 65.2 Å². The lowest BCUT2D eigenvalue weighted by molar-refractivity contribution is 0.0210. The number of carbonyl (C=O) groups excluding carboxylic acids is 1. The molecule has 1 fully saturated rings. The lowest BCUT2D eigenvalue weighted by Gasteiger charge is -2.33. The van der Waals surface area contributed by atoms with Gasteiger partial charge in [0.1, 0.15) is 5.60 Å². The Kier molecular flexibility index (Phi) is 7.32. The molecule has 23 heavy (non-hydrogen) atoms. The van der Waals surface area contributed by atoms with Gasteiger partial charge < -0.3 is 9.64 Å². The van der Waals surface area contributed by atoms with E-state index in [9.17, 15) is 13.2 Å². The molecule has 0 unspecified atom stereocenters. The summed E-state index contributed by atoms with van der Waals surface area (Å²) in [7, 11) is -3.36. The summed E-state index contributed by atoms with van der Waals surface area (Å²) in [4.78, 5) is 13.9. The van der Waals surface area contributed by atoms with Crippen molar-refractivity contribution in [2.45, 2.75) is 59.0 Å². The smallest absolute Gasteiger partial charge is 0.410 e. The van der Waals surface area contributed by atoms with Gasteiger partial charge in [-0.2, -0.15) is 8.42 Å². The van der Waals surface area contributed by atoms with Crippen LogP contribution in [0.1, 0.15) is 53.4 Å². The van der Waals surface area contributed by atoms with Crippen molar-refractivity contribution in [1.82, 2.24) is 4.90 Å². The molecule has 0 heterocycles. The summed E-state index contributed by atoms with van der Waals surface area (Å²) >= 11 is 0. The highest BCUT2D eigenvalue weighted by Crippen LogP contribution is 2.30. The van der Waals surface area contributed by atoms with Crippen LogP contribution >= 0.6 is 0 Å². The molecule has 0 bridgehead atoms. The third kappa shape index (κ3) is 8.55. The second-order valence-corrected chi connectivity index (χ2v) is 9.04. The van der Waals surface area contributed by atoms with Crippen molar-refractivity contribution in [3.63, 3.8) is 0 Å². The number of rotatable bonds is 6. The molecule has 0 spiro atoms. The van der Waals surface area contributed by atoms with E-state index < -0.39 is 15.7 Å². The van der Waals surface area contributed by atoms with Crippen LogP contribution in [-0.2, 0) is 19.0 Å². The van der Waals surface area contributed by atoms with Gasteiger partial charge in [-0.15, -0.1) is 0 Å². The topological polar surface area (TPSA) is 72.9 Å². The third-order valence-corrected chi connectivity index (χ3v) is 4.56. The maximum Gasteiger partial charge on any atom is 0.410 e. The van der Waals surface area contributed by atoms with E-state index in [4.69, 9.17) is 8.92 Å². The van der Waals surface area contributed by atoms with Crippen molar-refractivity contribution in [1.29, 1.82) is 0 Å². The zero-order chi connectivity index (χ0) is 17.7. The SMILES string of the molecule is CCN(CC1CCC(COS(C)(=O)=O)CC1)C(=O)OC(C)(C)C. The average Bonchev–Trinajstić information content (AvgIpc) is 2.41. The first-order valence-corrected chi connectivity index (χ1v) is 10.1. The van der Waals surface area contributed by atoms with E-state index in [2.05, 4.69) is 0 Å². The molecule has 1 aliphatic carbocycles. The van der Waals surface area contributed by atoms with Crippen molar-refractivity contribution < 1.29 is 22.1 Å². The summed E-state index contributed by atoms with van der Waals surface area (Å²) in [5.74, 6) is 0.731. The lowest BCUT2D eigenvalue weighted by Crippen LogP contribution is -2.40. The summed E-state index contributed by atoms with van der Waals surface area (Å²) in [6.45, 7) is 9.16. The summed E-state index contributed by atoms with van der Waals surface area (Å²) in [5.41, 5.74) is -0.481. The van der Waals surface area contributed by atoms with Gasteiger partial charge in [0.15, 0.2) is 0 Å². The average molecular weight is 349 g/mol. The summed E-state index contributed by atoms with van der Waals surface area (Å²) < 4.78 is 32.4. The fourth-order valence-corrected chi connectivity index (χ4v) is 3.21. The minimum absolute atomic E-state index is 0.262. The Morgan fingerprint density at radius 1 is 1.13 bits per heavy atom. The third-order valence-electron chi connectivity index (χ3n) is 4.00. The van der Waals surface area contributed by atoms with E-state index in [0.717, 1.165) is 31.9 Å². The van der Waals surface area contributed by atoms with Crippen molar-refractivity contribution in [3.8, 4) is 0 Å². The number of hydrogen-bond acceptors (Lipinski definition) is 5. The van der Waals surface area contributed by atoms with Crippen molar-refractivity contribution in [2.75, 3.05) is 26.0 Å². The van der Waals surface area contributed by atoms with E-state index in [1.165, 1.54) is 0 Å². The number of amides is 1. The van der Waals surface area contributed by atoms with Crippen LogP contribution in [0.3, 0.4) is 0 Å². The quantitative estimate of drug-likeness (QED) is 0.689. The van der Waals surface area contributed by atoms with Crippen LogP contribution in [0.15, 0.2) is 0 Å². The lowest BCUT2D eigenvalue weighted by atomic mass is 9.82. The number of carbonyl (C=O) groups is 1. The zero-order valence-electron chi connectivity index (χ0n) is 15.0. The molecule has 0 aromatic rings. The monoisotopic (exact) mass is 349 g/mol. The molecular formula is C16H31NO5S. The Morgan fingerprint density at radius 3 is 2.09 bits per heavy atom. The Morgan fingerprint density at radius 2 is 1.65 bits per heavy atom. The van der Waals surface area contributed by atoms with Gasteiger partial charge in [-0.3, -0.25) is 4.18 Å². The van der Waals surface area contributed by atoms with Crippen LogP contribution in [0.25, 0.3) is 0 Å². The zero-order valence-corrected chi connectivity index (χ0v) is 15.8. The summed E-state index contributed by atoms with van der Waals surface area (Å²) in [6.07, 6.45) is 4.66. The fraction of sp³-hybridized carbons (Fsp3) is 0.938. The van der Waals surface area contributed by atoms with Crippen LogP contribution in [-0.4, -0.2) is 51.0 Å². The van der Waals surface area contributed by atoms with Crippen LogP contribution < -0.4 is 0 Å². The van der Waals surface area contributed by atoms with Gasteiger partial charge in [0.2, 0.25) is 0 Å². The fourth-order valence-electron chi connectivity index (χ4n) is 2.77. The molecule has 0 aliphatic heterocycles. The second-order valence-electron chi connectivity index (χ2n) is 7.39. The number of hydrogen-bond donors (Lipinski definition) is 0. The molecule has 0 saturated heterocycles. The molecule has 0 aromatic heterocycles. The largest absolute Gasteiger partial charge is 0.444 e. The van der Waals surface area contributed by atoms with E-state index in [1.54, 1.807) is 4.90 Å². The van der Waals surface area contributed by atoms with Crippen LogP contribution in [0.2, 0.25) is 0 Å². The van der Waals surface area contributed by atoms with Crippen molar-refractivity contribution >= 4 is 16.2 Å². The Labute approximate surface area is 140 Å². The minimum Gasteiger partial charge on any atom is -0.444 e. The summed E-state index contributed by atoms with van der Waals surface area (Å²) in [5, 5.41) is 0. The van der Waals surface area contributed by atoms with E-state index in [1.807, 2.05) is 27.7 Å². The van der Waals surface area contributed by atoms with Gasteiger partial charge in [0, 0.05) is 13.1 Å².